The zero-order chi connectivity index (χ0) is 27.2. The van der Waals surface area contributed by atoms with Crippen LogP contribution in [0.1, 0.15) is 74.2 Å². The SMILES string of the molecule is O=C(O)C(c1cncnc1OC[C@H]1CCCO1)N1CCC[C@@H]1C(F)(F)CCCCc1ccc2c(n1)NCCC2. The molecule has 5 rings (SSSR count). The van der Waals surface area contributed by atoms with Gasteiger partial charge in [-0.25, -0.2) is 23.7 Å². The van der Waals surface area contributed by atoms with E-state index in [-0.39, 0.29) is 43.5 Å². The van der Waals surface area contributed by atoms with Crippen LogP contribution in [0.15, 0.2) is 24.7 Å². The molecule has 212 valence electrons. The van der Waals surface area contributed by atoms with Gasteiger partial charge in [-0.15, -0.1) is 0 Å². The van der Waals surface area contributed by atoms with Gasteiger partial charge in [0.15, 0.2) is 0 Å². The van der Waals surface area contributed by atoms with Crippen LogP contribution in [-0.4, -0.2) is 75.3 Å². The van der Waals surface area contributed by atoms with Gasteiger partial charge >= 0.3 is 5.97 Å². The van der Waals surface area contributed by atoms with Crippen molar-refractivity contribution in [3.8, 4) is 5.88 Å². The second-order valence-corrected chi connectivity index (χ2v) is 10.7. The molecular formula is C28H37F2N5O4. The van der Waals surface area contributed by atoms with E-state index in [2.05, 4.69) is 26.3 Å². The Morgan fingerprint density at radius 1 is 1.26 bits per heavy atom. The number of nitrogens with zero attached hydrogens (tertiary/aromatic N) is 4. The highest BCUT2D eigenvalue weighted by atomic mass is 19.3. The van der Waals surface area contributed by atoms with E-state index in [1.807, 2.05) is 6.07 Å². The molecule has 0 amide bonds. The molecule has 0 spiro atoms. The fourth-order valence-electron chi connectivity index (χ4n) is 5.93. The Labute approximate surface area is 227 Å². The fourth-order valence-corrected chi connectivity index (χ4v) is 5.93. The lowest BCUT2D eigenvalue weighted by Crippen LogP contribution is -2.47. The first-order valence-electron chi connectivity index (χ1n) is 14.1. The first-order chi connectivity index (χ1) is 18.9. The van der Waals surface area contributed by atoms with E-state index in [0.717, 1.165) is 43.7 Å². The highest BCUT2D eigenvalue weighted by Crippen LogP contribution is 2.41. The van der Waals surface area contributed by atoms with E-state index in [1.54, 1.807) is 0 Å². The maximum absolute atomic E-state index is 15.6. The average molecular weight is 546 g/mol. The standard InChI is InChI=1S/C28H37F2N5O4/c29-28(30,12-2-1-7-20-11-10-19-6-3-13-32-25(19)34-20)23-9-4-14-35(23)24(27(36)37)22-16-31-18-33-26(22)39-17-21-8-5-15-38-21/h10-11,16,18,21,23-24H,1-9,12-15,17H2,(H,32,34)(H,36,37)/t21-,23-,24?/m1/s1. The van der Waals surface area contributed by atoms with Crippen LogP contribution in [0.4, 0.5) is 14.6 Å². The third kappa shape index (κ3) is 6.63. The summed E-state index contributed by atoms with van der Waals surface area (Å²) in [5.74, 6) is -3.24. The van der Waals surface area contributed by atoms with Gasteiger partial charge < -0.3 is 19.9 Å². The smallest absolute Gasteiger partial charge is 0.325 e. The van der Waals surface area contributed by atoms with E-state index in [4.69, 9.17) is 9.47 Å². The number of rotatable bonds is 12. The number of hydrogen-bond acceptors (Lipinski definition) is 8. The monoisotopic (exact) mass is 545 g/mol. The van der Waals surface area contributed by atoms with Crippen LogP contribution in [0.2, 0.25) is 0 Å². The Morgan fingerprint density at radius 3 is 2.97 bits per heavy atom. The van der Waals surface area contributed by atoms with Crippen LogP contribution < -0.4 is 10.1 Å². The summed E-state index contributed by atoms with van der Waals surface area (Å²) in [5, 5.41) is 13.5. The largest absolute Gasteiger partial charge is 0.480 e. The van der Waals surface area contributed by atoms with E-state index in [1.165, 1.54) is 23.0 Å². The molecule has 3 aliphatic heterocycles. The Morgan fingerprint density at radius 2 is 2.15 bits per heavy atom. The number of aliphatic carboxylic acids is 1. The van der Waals surface area contributed by atoms with Gasteiger partial charge in [0.25, 0.3) is 5.92 Å². The maximum Gasteiger partial charge on any atom is 0.325 e. The number of ether oxygens (including phenoxy) is 2. The molecule has 2 fully saturated rings. The molecule has 5 heterocycles. The van der Waals surface area contributed by atoms with Crippen molar-refractivity contribution in [3.05, 3.63) is 41.5 Å². The summed E-state index contributed by atoms with van der Waals surface area (Å²) >= 11 is 0. The number of carbonyl (C=O) groups is 1. The van der Waals surface area contributed by atoms with Crippen molar-refractivity contribution in [2.45, 2.75) is 88.3 Å². The Bertz CT molecular complexity index is 1130. The number of anilines is 1. The molecule has 11 heteroatoms. The normalized spacial score (nSPS) is 22.3. The number of hydrogen-bond donors (Lipinski definition) is 2. The molecule has 0 saturated carbocycles. The summed E-state index contributed by atoms with van der Waals surface area (Å²) in [4.78, 5) is 26.6. The van der Waals surface area contributed by atoms with Crippen molar-refractivity contribution < 1.29 is 28.2 Å². The first-order valence-corrected chi connectivity index (χ1v) is 14.1. The average Bonchev–Trinajstić information content (AvgIpc) is 3.64. The molecule has 2 N–H and O–H groups in total. The number of likely N-dealkylation sites (tertiary alicyclic amines) is 1. The molecule has 0 aromatic carbocycles. The number of pyridine rings is 1. The molecule has 0 bridgehead atoms. The number of alkyl halides is 2. The van der Waals surface area contributed by atoms with Crippen LogP contribution >= 0.6 is 0 Å². The van der Waals surface area contributed by atoms with Gasteiger partial charge in [0, 0.05) is 31.5 Å². The van der Waals surface area contributed by atoms with E-state index >= 15 is 8.78 Å². The number of unbranched alkanes of at least 4 members (excludes halogenated alkanes) is 1. The number of fused-ring (bicyclic) bond motifs is 1. The zero-order valence-electron chi connectivity index (χ0n) is 22.2. The predicted molar refractivity (Wildman–Crippen MR) is 140 cm³/mol. The minimum absolute atomic E-state index is 0.0901. The van der Waals surface area contributed by atoms with Gasteiger partial charge in [-0.1, -0.05) is 6.07 Å². The minimum Gasteiger partial charge on any atom is -0.480 e. The number of aryl methyl sites for hydroxylation is 2. The highest BCUT2D eigenvalue weighted by molar-refractivity contribution is 5.76. The van der Waals surface area contributed by atoms with E-state index in [0.29, 0.717) is 32.3 Å². The van der Waals surface area contributed by atoms with Crippen molar-refractivity contribution in [3.63, 3.8) is 0 Å². The lowest BCUT2D eigenvalue weighted by molar-refractivity contribution is -0.148. The summed E-state index contributed by atoms with van der Waals surface area (Å²) in [6.07, 6.45) is 8.40. The fraction of sp³-hybridized carbons (Fsp3) is 0.643. The number of nitrogens with one attached hydrogen (secondary N) is 1. The van der Waals surface area contributed by atoms with Crippen LogP contribution in [0.5, 0.6) is 5.88 Å². The number of carboxylic acid groups (broad SMARTS) is 1. The van der Waals surface area contributed by atoms with Crippen LogP contribution in [0, 0.1) is 0 Å². The Hall–Kier alpha value is -2.92. The number of halogens is 2. The zero-order valence-corrected chi connectivity index (χ0v) is 22.2. The van der Waals surface area contributed by atoms with Gasteiger partial charge in [0.05, 0.1) is 17.7 Å². The second kappa shape index (κ2) is 12.5. The highest BCUT2D eigenvalue weighted by Gasteiger charge is 2.49. The van der Waals surface area contributed by atoms with Gasteiger partial charge in [-0.05, 0) is 76.0 Å². The molecule has 2 aromatic rings. The molecule has 39 heavy (non-hydrogen) atoms. The molecular weight excluding hydrogens is 508 g/mol. The Balaban J connectivity index is 1.22. The van der Waals surface area contributed by atoms with Crippen LogP contribution in [0.3, 0.4) is 0 Å². The van der Waals surface area contributed by atoms with Crippen LogP contribution in [0.25, 0.3) is 0 Å². The molecule has 2 aromatic heterocycles. The molecule has 0 radical (unpaired) electrons. The molecule has 0 aliphatic carbocycles. The molecule has 3 atom stereocenters. The lowest BCUT2D eigenvalue weighted by Gasteiger charge is -2.35. The van der Waals surface area contributed by atoms with Crippen molar-refractivity contribution in [2.75, 3.05) is 31.6 Å². The van der Waals surface area contributed by atoms with Crippen LogP contribution in [-0.2, 0) is 22.4 Å². The third-order valence-electron chi connectivity index (χ3n) is 7.92. The summed E-state index contributed by atoms with van der Waals surface area (Å²) in [5.41, 5.74) is 2.30. The number of aromatic nitrogens is 3. The molecule has 9 nitrogen and oxygen atoms in total. The topological polar surface area (TPSA) is 110 Å². The van der Waals surface area contributed by atoms with Crippen molar-refractivity contribution >= 4 is 11.8 Å². The Kier molecular flexibility index (Phi) is 8.86. The van der Waals surface area contributed by atoms with Gasteiger partial charge in [-0.2, -0.15) is 0 Å². The van der Waals surface area contributed by atoms with Crippen molar-refractivity contribution in [1.82, 2.24) is 19.9 Å². The number of carboxylic acids is 1. The van der Waals surface area contributed by atoms with Gasteiger partial charge in [-0.3, -0.25) is 9.69 Å². The lowest BCUT2D eigenvalue weighted by atomic mass is 9.98. The van der Waals surface area contributed by atoms with Gasteiger partial charge in [0.2, 0.25) is 5.88 Å². The van der Waals surface area contributed by atoms with Crippen molar-refractivity contribution in [1.29, 1.82) is 0 Å². The third-order valence-corrected chi connectivity index (χ3v) is 7.92. The first kappa shape index (κ1) is 27.6. The summed E-state index contributed by atoms with van der Waals surface area (Å²) in [7, 11) is 0. The predicted octanol–water partition coefficient (Wildman–Crippen LogP) is 4.43. The van der Waals surface area contributed by atoms with Crippen molar-refractivity contribution in [2.24, 2.45) is 0 Å². The summed E-state index contributed by atoms with van der Waals surface area (Å²) in [6, 6.07) is 1.56. The molecule has 3 aliphatic rings. The maximum atomic E-state index is 15.6. The molecule has 1 unspecified atom stereocenters. The minimum atomic E-state index is -3.04. The van der Waals surface area contributed by atoms with E-state index < -0.39 is 24.0 Å². The second-order valence-electron chi connectivity index (χ2n) is 10.7. The quantitative estimate of drug-likeness (QED) is 0.375. The summed E-state index contributed by atoms with van der Waals surface area (Å²) < 4.78 is 42.6. The summed E-state index contributed by atoms with van der Waals surface area (Å²) in [6.45, 7) is 2.05. The van der Waals surface area contributed by atoms with E-state index in [9.17, 15) is 9.90 Å². The van der Waals surface area contributed by atoms with Gasteiger partial charge in [0.1, 0.15) is 24.8 Å². The molecule has 2 saturated heterocycles.